The Morgan fingerprint density at radius 1 is 0.909 bits per heavy atom. The number of hydrogen-bond donors (Lipinski definition) is 3. The smallest absolute Gasteiger partial charge is 0.408 e. The summed E-state index contributed by atoms with van der Waals surface area (Å²) < 4.78 is 10.8. The highest BCUT2D eigenvalue weighted by Gasteiger charge is 2.16. The largest absolute Gasteiger partial charge is 0.483 e. The summed E-state index contributed by atoms with van der Waals surface area (Å²) in [6.45, 7) is 11.1. The number of carbonyl (C=O) groups excluding carboxylic acids is 3. The lowest BCUT2D eigenvalue weighted by atomic mass is 10.1. The molecule has 0 fully saturated rings. The van der Waals surface area contributed by atoms with Crippen LogP contribution in [0.4, 0.5) is 10.5 Å². The van der Waals surface area contributed by atoms with Crippen molar-refractivity contribution >= 4 is 23.6 Å². The molecule has 2 aromatic rings. The second-order valence-corrected chi connectivity index (χ2v) is 8.82. The van der Waals surface area contributed by atoms with Crippen molar-refractivity contribution in [2.24, 2.45) is 0 Å². The normalized spacial score (nSPS) is 10.8. The molecular formula is C25H33N3O5. The Kier molecular flexibility index (Phi) is 8.85. The molecule has 0 radical (unpaired) electrons. The molecule has 2 rings (SSSR count). The van der Waals surface area contributed by atoms with Gasteiger partial charge < -0.3 is 25.4 Å². The summed E-state index contributed by atoms with van der Waals surface area (Å²) in [5.41, 5.74) is 3.84. The lowest BCUT2D eigenvalue weighted by Crippen LogP contribution is -2.37. The van der Waals surface area contributed by atoms with E-state index in [0.29, 0.717) is 5.69 Å². The summed E-state index contributed by atoms with van der Waals surface area (Å²) in [7, 11) is 0. The van der Waals surface area contributed by atoms with Gasteiger partial charge in [0.15, 0.2) is 6.61 Å². The minimum Gasteiger partial charge on any atom is -0.483 e. The summed E-state index contributed by atoms with van der Waals surface area (Å²) >= 11 is 0. The van der Waals surface area contributed by atoms with Crippen LogP contribution in [0.3, 0.4) is 0 Å². The highest BCUT2D eigenvalue weighted by molar-refractivity contribution is 5.93. The van der Waals surface area contributed by atoms with Crippen molar-refractivity contribution in [3.05, 3.63) is 58.7 Å². The molecule has 0 unspecified atom stereocenters. The second-order valence-electron chi connectivity index (χ2n) is 8.82. The molecule has 2 aromatic carbocycles. The highest BCUT2D eigenvalue weighted by Crippen LogP contribution is 2.25. The van der Waals surface area contributed by atoms with Gasteiger partial charge >= 0.3 is 6.09 Å². The molecule has 178 valence electrons. The van der Waals surface area contributed by atoms with Crippen LogP contribution in [0.25, 0.3) is 0 Å². The first-order valence-electron chi connectivity index (χ1n) is 10.8. The highest BCUT2D eigenvalue weighted by atomic mass is 16.6. The average molecular weight is 456 g/mol. The molecule has 0 saturated carbocycles. The predicted molar refractivity (Wildman–Crippen MR) is 127 cm³/mol. The zero-order valence-corrected chi connectivity index (χ0v) is 20.1. The first-order valence-corrected chi connectivity index (χ1v) is 10.8. The van der Waals surface area contributed by atoms with E-state index in [0.717, 1.165) is 28.0 Å². The molecule has 0 atom stereocenters. The van der Waals surface area contributed by atoms with E-state index in [1.165, 1.54) is 0 Å². The van der Waals surface area contributed by atoms with Crippen molar-refractivity contribution < 1.29 is 23.9 Å². The summed E-state index contributed by atoms with van der Waals surface area (Å²) in [4.78, 5) is 36.0. The van der Waals surface area contributed by atoms with Crippen LogP contribution in [-0.4, -0.2) is 36.7 Å². The molecule has 0 spiro atoms. The number of carbonyl (C=O) groups is 3. The van der Waals surface area contributed by atoms with E-state index in [4.69, 9.17) is 9.47 Å². The Morgan fingerprint density at radius 3 is 2.30 bits per heavy atom. The minimum atomic E-state index is -0.660. The van der Waals surface area contributed by atoms with E-state index < -0.39 is 11.7 Å². The molecule has 8 heteroatoms. The molecule has 0 aliphatic heterocycles. The summed E-state index contributed by atoms with van der Waals surface area (Å²) in [6.07, 6.45) is -0.660. The Bertz CT molecular complexity index is 1010. The summed E-state index contributed by atoms with van der Waals surface area (Å²) in [5.74, 6) is 0.0977. The fraction of sp³-hybridized carbons (Fsp3) is 0.400. The lowest BCUT2D eigenvalue weighted by Gasteiger charge is -2.19. The van der Waals surface area contributed by atoms with Gasteiger partial charge in [-0.25, -0.2) is 4.79 Å². The van der Waals surface area contributed by atoms with Crippen molar-refractivity contribution in [3.63, 3.8) is 0 Å². The molecular weight excluding hydrogens is 422 g/mol. The van der Waals surface area contributed by atoms with Gasteiger partial charge in [0.25, 0.3) is 5.91 Å². The van der Waals surface area contributed by atoms with Gasteiger partial charge in [0.2, 0.25) is 5.91 Å². The van der Waals surface area contributed by atoms with Crippen molar-refractivity contribution in [2.45, 2.75) is 53.7 Å². The van der Waals surface area contributed by atoms with E-state index in [9.17, 15) is 14.4 Å². The first kappa shape index (κ1) is 25.7. The maximum Gasteiger partial charge on any atom is 0.408 e. The van der Waals surface area contributed by atoms with Gasteiger partial charge in [-0.05, 0) is 75.9 Å². The van der Waals surface area contributed by atoms with Gasteiger partial charge in [-0.3, -0.25) is 9.59 Å². The molecule has 33 heavy (non-hydrogen) atoms. The fourth-order valence-electron chi connectivity index (χ4n) is 2.97. The third-order valence-electron chi connectivity index (χ3n) is 4.71. The molecule has 3 N–H and O–H groups in total. The summed E-state index contributed by atoms with van der Waals surface area (Å²) in [5, 5.41) is 7.93. The summed E-state index contributed by atoms with van der Waals surface area (Å²) in [6, 6.07) is 11.1. The third kappa shape index (κ3) is 8.84. The van der Waals surface area contributed by atoms with E-state index in [-0.39, 0.29) is 31.5 Å². The predicted octanol–water partition coefficient (Wildman–Crippen LogP) is 3.77. The molecule has 0 aromatic heterocycles. The number of hydrogen-bond acceptors (Lipinski definition) is 5. The van der Waals surface area contributed by atoms with Gasteiger partial charge in [-0.2, -0.15) is 0 Å². The Morgan fingerprint density at radius 2 is 1.61 bits per heavy atom. The first-order chi connectivity index (χ1) is 15.4. The van der Waals surface area contributed by atoms with Gasteiger partial charge in [0.05, 0.1) is 0 Å². The molecule has 0 aliphatic rings. The standard InChI is InChI=1S/C25H33N3O5/c1-16-10-11-17(2)23(18(16)3)32-15-22(30)26-13-19-8-7-9-20(12-19)28-21(29)14-27-24(31)33-25(4,5)6/h7-12H,13-15H2,1-6H3,(H,26,30)(H,27,31)(H,28,29). The fourth-order valence-corrected chi connectivity index (χ4v) is 2.97. The Hall–Kier alpha value is -3.55. The van der Waals surface area contributed by atoms with E-state index >= 15 is 0 Å². The number of benzene rings is 2. The monoisotopic (exact) mass is 455 g/mol. The molecule has 0 aliphatic carbocycles. The van der Waals surface area contributed by atoms with Crippen molar-refractivity contribution in [2.75, 3.05) is 18.5 Å². The van der Waals surface area contributed by atoms with Crippen LogP contribution in [0.15, 0.2) is 36.4 Å². The number of anilines is 1. The van der Waals surface area contributed by atoms with Crippen LogP contribution in [0.2, 0.25) is 0 Å². The minimum absolute atomic E-state index is 0.0854. The van der Waals surface area contributed by atoms with Crippen LogP contribution in [0.1, 0.15) is 43.0 Å². The van der Waals surface area contributed by atoms with Crippen molar-refractivity contribution in [1.29, 1.82) is 0 Å². The zero-order chi connectivity index (χ0) is 24.6. The van der Waals surface area contributed by atoms with Gasteiger partial charge in [0.1, 0.15) is 17.9 Å². The topological polar surface area (TPSA) is 106 Å². The van der Waals surface area contributed by atoms with Crippen LogP contribution >= 0.6 is 0 Å². The molecule has 0 saturated heterocycles. The number of rotatable bonds is 8. The Labute approximate surface area is 195 Å². The molecule has 0 bridgehead atoms. The quantitative estimate of drug-likeness (QED) is 0.562. The number of aryl methyl sites for hydroxylation is 2. The number of nitrogens with one attached hydrogen (secondary N) is 3. The van der Waals surface area contributed by atoms with Crippen molar-refractivity contribution in [3.8, 4) is 5.75 Å². The van der Waals surface area contributed by atoms with Gasteiger partial charge in [-0.15, -0.1) is 0 Å². The molecule has 0 heterocycles. The number of amides is 3. The number of alkyl carbamates (subject to hydrolysis) is 1. The van der Waals surface area contributed by atoms with Gasteiger partial charge in [0, 0.05) is 12.2 Å². The average Bonchev–Trinajstić information content (AvgIpc) is 2.72. The maximum atomic E-state index is 12.3. The van der Waals surface area contributed by atoms with Gasteiger partial charge in [-0.1, -0.05) is 24.3 Å². The molecule has 3 amide bonds. The number of ether oxygens (including phenoxy) is 2. The van der Waals surface area contributed by atoms with Crippen LogP contribution < -0.4 is 20.7 Å². The lowest BCUT2D eigenvalue weighted by molar-refractivity contribution is -0.123. The Balaban J connectivity index is 1.81. The third-order valence-corrected chi connectivity index (χ3v) is 4.71. The molecule has 8 nitrogen and oxygen atoms in total. The second kappa shape index (κ2) is 11.4. The van der Waals surface area contributed by atoms with Crippen LogP contribution in [0.5, 0.6) is 5.75 Å². The van der Waals surface area contributed by atoms with E-state index in [2.05, 4.69) is 16.0 Å². The zero-order valence-electron chi connectivity index (χ0n) is 20.1. The van der Waals surface area contributed by atoms with Crippen LogP contribution in [-0.2, 0) is 20.9 Å². The van der Waals surface area contributed by atoms with Crippen LogP contribution in [0, 0.1) is 20.8 Å². The van der Waals surface area contributed by atoms with Crippen molar-refractivity contribution in [1.82, 2.24) is 10.6 Å². The SMILES string of the molecule is Cc1ccc(C)c(OCC(=O)NCc2cccc(NC(=O)CNC(=O)OC(C)(C)C)c2)c1C. The maximum absolute atomic E-state index is 12.3. The van der Waals surface area contributed by atoms with E-state index in [1.807, 2.05) is 39.0 Å². The van der Waals surface area contributed by atoms with E-state index in [1.54, 1.807) is 39.0 Å².